The lowest BCUT2D eigenvalue weighted by Gasteiger charge is -2.11. The molecule has 0 aromatic carbocycles. The van der Waals surface area contributed by atoms with E-state index < -0.39 is 0 Å². The molecule has 2 N–H and O–H groups in total. The molecule has 1 aliphatic heterocycles. The van der Waals surface area contributed by atoms with Crippen LogP contribution in [0.25, 0.3) is 0 Å². The van der Waals surface area contributed by atoms with Crippen LogP contribution in [-0.2, 0) is 13.0 Å². The second kappa shape index (κ2) is 12.3. The Balaban J connectivity index is 0. The zero-order valence-electron chi connectivity index (χ0n) is 12.2. The van der Waals surface area contributed by atoms with Crippen LogP contribution in [0.4, 0.5) is 0 Å². The molecule has 0 bridgehead atoms. The van der Waals surface area contributed by atoms with Gasteiger partial charge in [0.25, 0.3) is 0 Å². The van der Waals surface area contributed by atoms with Gasteiger partial charge in [0.2, 0.25) is 0 Å². The first kappa shape index (κ1) is 17.6. The molecule has 96 valence electrons. The molecule has 0 unspecified atom stereocenters. The fourth-order valence-corrected chi connectivity index (χ4v) is 1.52. The molecule has 0 saturated carbocycles. The highest BCUT2D eigenvalue weighted by Gasteiger charge is 2.09. The number of hydrogen-bond donors (Lipinski definition) is 2. The maximum atomic E-state index is 3.36. The minimum absolute atomic E-state index is 1.04. The fourth-order valence-electron chi connectivity index (χ4n) is 1.52. The van der Waals surface area contributed by atoms with E-state index in [2.05, 4.69) is 23.3 Å². The van der Waals surface area contributed by atoms with Crippen LogP contribution in [0.5, 0.6) is 0 Å². The Labute approximate surface area is 102 Å². The topological polar surface area (TPSA) is 27.8 Å². The second-order valence-corrected chi connectivity index (χ2v) is 2.88. The summed E-state index contributed by atoms with van der Waals surface area (Å²) in [7, 11) is 0. The Hall–Kier alpha value is -0.760. The standard InChI is InChI=1S/C8H12N2.3C2H6/c1-6-4-7-5-9-3-2-8(7)10-6;3*1-2/h4,9-10H,2-3,5H2,1H3;3*1-2H3. The molecule has 0 aliphatic carbocycles. The quantitative estimate of drug-likeness (QED) is 0.686. The molecular weight excluding hydrogens is 196 g/mol. The molecule has 2 nitrogen and oxygen atoms in total. The number of aryl methyl sites for hydroxylation is 1. The maximum absolute atomic E-state index is 3.36. The molecule has 0 radical (unpaired) electrons. The van der Waals surface area contributed by atoms with Gasteiger partial charge in [0, 0.05) is 30.9 Å². The van der Waals surface area contributed by atoms with Crippen LogP contribution in [0.2, 0.25) is 0 Å². The summed E-state index contributed by atoms with van der Waals surface area (Å²) in [4.78, 5) is 3.36. The molecule has 2 heteroatoms. The van der Waals surface area contributed by atoms with Gasteiger partial charge < -0.3 is 10.3 Å². The summed E-state index contributed by atoms with van der Waals surface area (Å²) < 4.78 is 0. The van der Waals surface area contributed by atoms with E-state index in [0.29, 0.717) is 0 Å². The van der Waals surface area contributed by atoms with E-state index in [4.69, 9.17) is 0 Å². The first-order valence-corrected chi connectivity index (χ1v) is 6.74. The third kappa shape index (κ3) is 5.96. The van der Waals surface area contributed by atoms with Crippen molar-refractivity contribution in [2.24, 2.45) is 0 Å². The van der Waals surface area contributed by atoms with Crippen molar-refractivity contribution in [3.05, 3.63) is 23.0 Å². The van der Waals surface area contributed by atoms with Gasteiger partial charge in [-0.2, -0.15) is 0 Å². The SMILES string of the molecule is CC.CC.CC.Cc1cc2c([nH]1)CCNC2. The average molecular weight is 226 g/mol. The van der Waals surface area contributed by atoms with Crippen molar-refractivity contribution in [1.29, 1.82) is 0 Å². The van der Waals surface area contributed by atoms with Gasteiger partial charge in [-0.15, -0.1) is 0 Å². The highest BCUT2D eigenvalue weighted by atomic mass is 14.9. The maximum Gasteiger partial charge on any atom is 0.0223 e. The van der Waals surface area contributed by atoms with Gasteiger partial charge in [0.05, 0.1) is 0 Å². The zero-order valence-corrected chi connectivity index (χ0v) is 12.2. The number of aromatic amines is 1. The number of hydrogen-bond acceptors (Lipinski definition) is 1. The molecule has 0 amide bonds. The van der Waals surface area contributed by atoms with E-state index in [1.165, 1.54) is 17.0 Å². The van der Waals surface area contributed by atoms with Crippen molar-refractivity contribution in [3.63, 3.8) is 0 Å². The first-order chi connectivity index (χ1) is 7.86. The van der Waals surface area contributed by atoms with Gasteiger partial charge in [-0.3, -0.25) is 0 Å². The summed E-state index contributed by atoms with van der Waals surface area (Å²) in [5.74, 6) is 0. The Morgan fingerprint density at radius 3 is 2.06 bits per heavy atom. The molecule has 1 aromatic rings. The van der Waals surface area contributed by atoms with Crippen LogP contribution in [0.1, 0.15) is 58.5 Å². The van der Waals surface area contributed by atoms with Gasteiger partial charge in [-0.25, -0.2) is 0 Å². The number of fused-ring (bicyclic) bond motifs is 1. The zero-order chi connectivity index (χ0) is 13.0. The van der Waals surface area contributed by atoms with Crippen LogP contribution in [0, 0.1) is 6.92 Å². The largest absolute Gasteiger partial charge is 0.362 e. The molecular formula is C14H30N2. The highest BCUT2D eigenvalue weighted by molar-refractivity contribution is 5.27. The van der Waals surface area contributed by atoms with Crippen molar-refractivity contribution in [3.8, 4) is 0 Å². The lowest BCUT2D eigenvalue weighted by molar-refractivity contribution is 0.638. The van der Waals surface area contributed by atoms with E-state index >= 15 is 0 Å². The molecule has 1 aliphatic rings. The van der Waals surface area contributed by atoms with E-state index in [1.807, 2.05) is 41.5 Å². The monoisotopic (exact) mass is 226 g/mol. The Bertz CT molecular complexity index is 215. The predicted molar refractivity (Wildman–Crippen MR) is 75.0 cm³/mol. The molecule has 1 aromatic heterocycles. The third-order valence-electron chi connectivity index (χ3n) is 1.99. The number of nitrogens with one attached hydrogen (secondary N) is 2. The van der Waals surface area contributed by atoms with Crippen LogP contribution in [-0.4, -0.2) is 11.5 Å². The highest BCUT2D eigenvalue weighted by Crippen LogP contribution is 2.13. The van der Waals surface area contributed by atoms with E-state index in [-0.39, 0.29) is 0 Å². The van der Waals surface area contributed by atoms with Gasteiger partial charge >= 0.3 is 0 Å². The predicted octanol–water partition coefficient (Wildman–Crippen LogP) is 4.05. The summed E-state index contributed by atoms with van der Waals surface area (Å²) in [5.41, 5.74) is 4.16. The van der Waals surface area contributed by atoms with Crippen molar-refractivity contribution in [2.75, 3.05) is 6.54 Å². The molecule has 2 rings (SSSR count). The average Bonchev–Trinajstić information content (AvgIpc) is 2.76. The molecule has 0 spiro atoms. The van der Waals surface area contributed by atoms with E-state index in [1.54, 1.807) is 0 Å². The van der Waals surface area contributed by atoms with Crippen molar-refractivity contribution in [2.45, 2.75) is 61.4 Å². The number of H-pyrrole nitrogens is 1. The minimum Gasteiger partial charge on any atom is -0.362 e. The third-order valence-corrected chi connectivity index (χ3v) is 1.99. The smallest absolute Gasteiger partial charge is 0.0223 e. The molecule has 0 saturated heterocycles. The van der Waals surface area contributed by atoms with Crippen LogP contribution < -0.4 is 5.32 Å². The van der Waals surface area contributed by atoms with Gasteiger partial charge in [-0.05, 0) is 18.6 Å². The van der Waals surface area contributed by atoms with E-state index in [9.17, 15) is 0 Å². The fraction of sp³-hybridized carbons (Fsp3) is 0.714. The van der Waals surface area contributed by atoms with Crippen LogP contribution in [0.15, 0.2) is 6.07 Å². The summed E-state index contributed by atoms with van der Waals surface area (Å²) in [6.45, 7) is 16.3. The minimum atomic E-state index is 1.04. The Morgan fingerprint density at radius 2 is 1.56 bits per heavy atom. The lowest BCUT2D eigenvalue weighted by atomic mass is 10.1. The van der Waals surface area contributed by atoms with Gasteiger partial charge in [0.1, 0.15) is 0 Å². The number of aromatic nitrogens is 1. The lowest BCUT2D eigenvalue weighted by Crippen LogP contribution is -2.22. The van der Waals surface area contributed by atoms with Crippen molar-refractivity contribution >= 4 is 0 Å². The van der Waals surface area contributed by atoms with Crippen LogP contribution >= 0.6 is 0 Å². The first-order valence-electron chi connectivity index (χ1n) is 6.74. The molecule has 2 heterocycles. The van der Waals surface area contributed by atoms with E-state index in [0.717, 1.165) is 19.5 Å². The Morgan fingerprint density at radius 1 is 1.00 bits per heavy atom. The van der Waals surface area contributed by atoms with Crippen LogP contribution in [0.3, 0.4) is 0 Å². The molecule has 0 atom stereocenters. The van der Waals surface area contributed by atoms with Gasteiger partial charge in [0.15, 0.2) is 0 Å². The van der Waals surface area contributed by atoms with Crippen molar-refractivity contribution < 1.29 is 0 Å². The summed E-state index contributed by atoms with van der Waals surface area (Å²) >= 11 is 0. The van der Waals surface area contributed by atoms with Gasteiger partial charge in [-0.1, -0.05) is 41.5 Å². The summed E-state index contributed by atoms with van der Waals surface area (Å²) in [6, 6.07) is 2.22. The van der Waals surface area contributed by atoms with Crippen molar-refractivity contribution in [1.82, 2.24) is 10.3 Å². The summed E-state index contributed by atoms with van der Waals surface area (Å²) in [5, 5.41) is 3.33. The molecule has 16 heavy (non-hydrogen) atoms. The second-order valence-electron chi connectivity index (χ2n) is 2.88. The summed E-state index contributed by atoms with van der Waals surface area (Å²) in [6.07, 6.45) is 1.16. The Kier molecular flexibility index (Phi) is 13.6. The number of rotatable bonds is 0. The normalized spacial score (nSPS) is 11.7. The molecule has 0 fully saturated rings.